The summed E-state index contributed by atoms with van der Waals surface area (Å²) in [6, 6.07) is 5.87. The van der Waals surface area contributed by atoms with Gasteiger partial charge in [0.25, 0.3) is 0 Å². The van der Waals surface area contributed by atoms with E-state index < -0.39 is 0 Å². The van der Waals surface area contributed by atoms with Crippen molar-refractivity contribution in [1.82, 2.24) is 0 Å². The number of rotatable bonds is 4. The minimum Gasteiger partial charge on any atom is -0.493 e. The Bertz CT molecular complexity index is 395. The van der Waals surface area contributed by atoms with Crippen molar-refractivity contribution in [2.75, 3.05) is 26.7 Å². The van der Waals surface area contributed by atoms with Crippen LogP contribution in [0.3, 0.4) is 0 Å². The molecule has 0 bridgehead atoms. The number of methoxy groups -OCH3 is 2. The molecule has 100 valence electrons. The fraction of sp³-hybridized carbons (Fsp3) is 0.571. The number of ether oxygens (including phenoxy) is 3. The van der Waals surface area contributed by atoms with Gasteiger partial charge in [0.2, 0.25) is 0 Å². The molecule has 0 saturated carbocycles. The molecule has 0 aliphatic carbocycles. The Labute approximate surface area is 113 Å². The van der Waals surface area contributed by atoms with E-state index >= 15 is 0 Å². The van der Waals surface area contributed by atoms with Crippen LogP contribution in [0.2, 0.25) is 0 Å². The summed E-state index contributed by atoms with van der Waals surface area (Å²) in [6.07, 6.45) is 2.16. The Morgan fingerprint density at radius 1 is 1.33 bits per heavy atom. The van der Waals surface area contributed by atoms with Crippen LogP contribution in [-0.4, -0.2) is 26.7 Å². The zero-order valence-corrected chi connectivity index (χ0v) is 11.6. The Hall–Kier alpha value is -0.930. The molecular weight excluding hydrogens is 252 g/mol. The van der Waals surface area contributed by atoms with Crippen molar-refractivity contribution in [3.05, 3.63) is 23.8 Å². The minimum atomic E-state index is 0.00120. The summed E-state index contributed by atoms with van der Waals surface area (Å²) in [4.78, 5) is 0. The second-order valence-corrected chi connectivity index (χ2v) is 4.74. The van der Waals surface area contributed by atoms with Gasteiger partial charge in [-0.1, -0.05) is 12.1 Å². The molecule has 1 fully saturated rings. The van der Waals surface area contributed by atoms with Gasteiger partial charge in [-0.25, -0.2) is 0 Å². The van der Waals surface area contributed by atoms with E-state index in [2.05, 4.69) is 0 Å². The summed E-state index contributed by atoms with van der Waals surface area (Å²) in [5, 5.41) is 0. The van der Waals surface area contributed by atoms with E-state index in [1.165, 1.54) is 0 Å². The molecule has 1 aromatic carbocycles. The standard InChI is InChI=1S/C14H19ClO3/c1-16-12-7-3-6-11(14(12)17-2)13-10(9-15)5-4-8-18-13/h3,6-7,10,13H,4-5,8-9H2,1-2H3. The molecule has 1 aliphatic rings. The topological polar surface area (TPSA) is 27.7 Å². The molecule has 2 rings (SSSR count). The van der Waals surface area contributed by atoms with Crippen LogP contribution < -0.4 is 9.47 Å². The quantitative estimate of drug-likeness (QED) is 0.785. The molecule has 18 heavy (non-hydrogen) atoms. The van der Waals surface area contributed by atoms with Crippen LogP contribution in [0.1, 0.15) is 24.5 Å². The van der Waals surface area contributed by atoms with E-state index in [1.54, 1.807) is 14.2 Å². The van der Waals surface area contributed by atoms with Crippen molar-refractivity contribution in [3.8, 4) is 11.5 Å². The Balaban J connectivity index is 2.36. The maximum atomic E-state index is 6.04. The Morgan fingerprint density at radius 3 is 2.83 bits per heavy atom. The summed E-state index contributed by atoms with van der Waals surface area (Å²) in [6.45, 7) is 0.776. The van der Waals surface area contributed by atoms with Crippen LogP contribution in [0.4, 0.5) is 0 Å². The third kappa shape index (κ3) is 2.57. The second-order valence-electron chi connectivity index (χ2n) is 4.43. The fourth-order valence-electron chi connectivity index (χ4n) is 2.48. The first-order valence-electron chi connectivity index (χ1n) is 6.20. The minimum absolute atomic E-state index is 0.00120. The summed E-state index contributed by atoms with van der Waals surface area (Å²) in [7, 11) is 3.29. The van der Waals surface area contributed by atoms with Gasteiger partial charge < -0.3 is 14.2 Å². The first-order valence-corrected chi connectivity index (χ1v) is 6.73. The molecule has 0 amide bonds. The fourth-order valence-corrected chi connectivity index (χ4v) is 2.80. The smallest absolute Gasteiger partial charge is 0.166 e. The summed E-state index contributed by atoms with van der Waals surface area (Å²) in [5.41, 5.74) is 1.03. The van der Waals surface area contributed by atoms with Crippen LogP contribution in [-0.2, 0) is 4.74 Å². The number of benzene rings is 1. The molecule has 1 aliphatic heterocycles. The van der Waals surface area contributed by atoms with E-state index in [-0.39, 0.29) is 6.10 Å². The number of halogens is 1. The molecule has 0 aromatic heterocycles. The van der Waals surface area contributed by atoms with Crippen LogP contribution in [0.25, 0.3) is 0 Å². The van der Waals surface area contributed by atoms with Gasteiger partial charge in [-0.15, -0.1) is 11.6 Å². The average Bonchev–Trinajstić information content (AvgIpc) is 2.46. The summed E-state index contributed by atoms with van der Waals surface area (Å²) >= 11 is 6.04. The second kappa shape index (κ2) is 6.30. The Morgan fingerprint density at radius 2 is 2.17 bits per heavy atom. The molecule has 3 nitrogen and oxygen atoms in total. The summed E-state index contributed by atoms with van der Waals surface area (Å²) < 4.78 is 16.7. The van der Waals surface area contributed by atoms with E-state index in [9.17, 15) is 0 Å². The van der Waals surface area contributed by atoms with Crippen molar-refractivity contribution in [2.24, 2.45) is 5.92 Å². The van der Waals surface area contributed by atoms with Crippen LogP contribution in [0.5, 0.6) is 11.5 Å². The number of hydrogen-bond acceptors (Lipinski definition) is 3. The largest absolute Gasteiger partial charge is 0.493 e. The molecular formula is C14H19ClO3. The highest BCUT2D eigenvalue weighted by Gasteiger charge is 2.30. The maximum Gasteiger partial charge on any atom is 0.166 e. The molecule has 0 radical (unpaired) electrons. The molecule has 1 heterocycles. The third-order valence-corrected chi connectivity index (χ3v) is 3.78. The van der Waals surface area contributed by atoms with Crippen LogP contribution in [0.15, 0.2) is 18.2 Å². The van der Waals surface area contributed by atoms with E-state index in [1.807, 2.05) is 18.2 Å². The number of alkyl halides is 1. The van der Waals surface area contributed by atoms with E-state index in [0.29, 0.717) is 11.8 Å². The van der Waals surface area contributed by atoms with Gasteiger partial charge in [-0.3, -0.25) is 0 Å². The molecule has 4 heteroatoms. The van der Waals surface area contributed by atoms with Gasteiger partial charge >= 0.3 is 0 Å². The van der Waals surface area contributed by atoms with Gasteiger partial charge in [0.05, 0.1) is 20.3 Å². The average molecular weight is 271 g/mol. The lowest BCUT2D eigenvalue weighted by molar-refractivity contribution is -0.0221. The molecule has 2 unspecified atom stereocenters. The predicted octanol–water partition coefficient (Wildman–Crippen LogP) is 3.41. The SMILES string of the molecule is COc1cccc(C2OCCCC2CCl)c1OC. The normalized spacial score (nSPS) is 23.7. The van der Waals surface area contributed by atoms with Crippen molar-refractivity contribution in [1.29, 1.82) is 0 Å². The Kier molecular flexibility index (Phi) is 4.72. The lowest BCUT2D eigenvalue weighted by Crippen LogP contribution is -2.24. The highest BCUT2D eigenvalue weighted by atomic mass is 35.5. The van der Waals surface area contributed by atoms with Crippen molar-refractivity contribution >= 4 is 11.6 Å². The zero-order chi connectivity index (χ0) is 13.0. The third-order valence-electron chi connectivity index (χ3n) is 3.38. The van der Waals surface area contributed by atoms with Crippen molar-refractivity contribution < 1.29 is 14.2 Å². The molecule has 1 saturated heterocycles. The monoisotopic (exact) mass is 270 g/mol. The highest BCUT2D eigenvalue weighted by Crippen LogP contribution is 2.42. The first kappa shape index (κ1) is 13.5. The van der Waals surface area contributed by atoms with Crippen LogP contribution >= 0.6 is 11.6 Å². The lowest BCUT2D eigenvalue weighted by atomic mass is 9.90. The molecule has 2 atom stereocenters. The zero-order valence-electron chi connectivity index (χ0n) is 10.8. The van der Waals surface area contributed by atoms with Gasteiger partial charge in [0.1, 0.15) is 0 Å². The first-order chi connectivity index (χ1) is 8.81. The molecule has 0 spiro atoms. The predicted molar refractivity (Wildman–Crippen MR) is 71.7 cm³/mol. The van der Waals surface area contributed by atoms with Gasteiger partial charge in [0, 0.05) is 24.0 Å². The van der Waals surface area contributed by atoms with Gasteiger partial charge in [-0.2, -0.15) is 0 Å². The molecule has 1 aromatic rings. The van der Waals surface area contributed by atoms with E-state index in [0.717, 1.165) is 36.5 Å². The lowest BCUT2D eigenvalue weighted by Gasteiger charge is -2.31. The highest BCUT2D eigenvalue weighted by molar-refractivity contribution is 6.18. The van der Waals surface area contributed by atoms with E-state index in [4.69, 9.17) is 25.8 Å². The van der Waals surface area contributed by atoms with Crippen molar-refractivity contribution in [2.45, 2.75) is 18.9 Å². The van der Waals surface area contributed by atoms with Gasteiger partial charge in [-0.05, 0) is 18.9 Å². The van der Waals surface area contributed by atoms with Crippen LogP contribution in [0, 0.1) is 5.92 Å². The summed E-state index contributed by atoms with van der Waals surface area (Å²) in [5.74, 6) is 2.42. The molecule has 0 N–H and O–H groups in total. The maximum absolute atomic E-state index is 6.04. The number of hydrogen-bond donors (Lipinski definition) is 0. The number of para-hydroxylation sites is 1. The van der Waals surface area contributed by atoms with Crippen molar-refractivity contribution in [3.63, 3.8) is 0 Å². The van der Waals surface area contributed by atoms with Gasteiger partial charge in [0.15, 0.2) is 11.5 Å².